The Labute approximate surface area is 183 Å². The number of H-pyrrole nitrogens is 1. The predicted octanol–water partition coefficient (Wildman–Crippen LogP) is 4.10. The molecule has 2 aromatic rings. The summed E-state index contributed by atoms with van der Waals surface area (Å²) in [4.78, 5) is 35.1. The molecular weight excluding hydrogens is 392 g/mol. The lowest BCUT2D eigenvalue weighted by Crippen LogP contribution is -2.29. The number of hydrogen-bond donors (Lipinski definition) is 2. The van der Waals surface area contributed by atoms with E-state index in [2.05, 4.69) is 21.9 Å². The van der Waals surface area contributed by atoms with Crippen LogP contribution in [-0.2, 0) is 4.74 Å². The van der Waals surface area contributed by atoms with Crippen LogP contribution in [-0.4, -0.2) is 46.9 Å². The molecule has 1 atom stereocenters. The number of aryl methyl sites for hydroxylation is 1. The van der Waals surface area contributed by atoms with Crippen LogP contribution in [0.5, 0.6) is 0 Å². The predicted molar refractivity (Wildman–Crippen MR) is 122 cm³/mol. The van der Waals surface area contributed by atoms with Crippen LogP contribution in [0, 0.1) is 6.92 Å². The molecule has 0 radical (unpaired) electrons. The number of carbonyl (C=O) groups excluding carboxylic acids is 2. The molecule has 2 N–H and O–H groups in total. The summed E-state index contributed by atoms with van der Waals surface area (Å²) in [7, 11) is 1.60. The molecule has 1 aliphatic rings. The number of methoxy groups -OCH3 is 1. The second kappa shape index (κ2) is 9.64. The lowest BCUT2D eigenvalue weighted by atomic mass is 10.0. The minimum Gasteiger partial charge on any atom is -0.501 e. The van der Waals surface area contributed by atoms with Gasteiger partial charge in [-0.2, -0.15) is 0 Å². The van der Waals surface area contributed by atoms with Crippen LogP contribution in [0.25, 0.3) is 12.2 Å². The Balaban J connectivity index is 1.73. The number of imidazole rings is 1. The summed E-state index contributed by atoms with van der Waals surface area (Å²) in [5.74, 6) is 1.16. The number of aromatic amines is 1. The minimum absolute atomic E-state index is 0.0369. The van der Waals surface area contributed by atoms with Gasteiger partial charge >= 0.3 is 0 Å². The number of carbonyl (C=O) groups is 2. The number of allylic oxidation sites excluding steroid dienone is 1. The maximum atomic E-state index is 12.8. The quantitative estimate of drug-likeness (QED) is 0.658. The second-order valence-corrected chi connectivity index (χ2v) is 7.81. The first-order valence-electron chi connectivity index (χ1n) is 10.5. The molecule has 7 heteroatoms. The van der Waals surface area contributed by atoms with Crippen molar-refractivity contribution in [1.82, 2.24) is 20.2 Å². The SMILES string of the molecule is C=Cc1nc(C(C)NC(=O)c2ccc(C(=O)N3CCCC3)c(C)c2)[nH]c1/C=C(\C)OC. The number of hydrogen-bond acceptors (Lipinski definition) is 4. The zero-order valence-corrected chi connectivity index (χ0v) is 18.6. The van der Waals surface area contributed by atoms with Crippen molar-refractivity contribution in [3.63, 3.8) is 0 Å². The van der Waals surface area contributed by atoms with Gasteiger partial charge < -0.3 is 19.9 Å². The van der Waals surface area contributed by atoms with Crippen LogP contribution in [0.4, 0.5) is 0 Å². The van der Waals surface area contributed by atoms with Crippen molar-refractivity contribution in [1.29, 1.82) is 0 Å². The molecule has 2 heterocycles. The van der Waals surface area contributed by atoms with Crippen molar-refractivity contribution in [2.24, 2.45) is 0 Å². The number of ether oxygens (including phenoxy) is 1. The summed E-state index contributed by atoms with van der Waals surface area (Å²) in [6, 6.07) is 4.86. The highest BCUT2D eigenvalue weighted by Gasteiger charge is 2.22. The van der Waals surface area contributed by atoms with Crippen LogP contribution in [0.15, 0.2) is 30.5 Å². The highest BCUT2D eigenvalue weighted by atomic mass is 16.5. The zero-order chi connectivity index (χ0) is 22.5. The topological polar surface area (TPSA) is 87.3 Å². The van der Waals surface area contributed by atoms with Crippen LogP contribution in [0.2, 0.25) is 0 Å². The zero-order valence-electron chi connectivity index (χ0n) is 18.6. The van der Waals surface area contributed by atoms with Crippen molar-refractivity contribution >= 4 is 24.0 Å². The lowest BCUT2D eigenvalue weighted by molar-refractivity contribution is 0.0791. The maximum absolute atomic E-state index is 12.8. The van der Waals surface area contributed by atoms with E-state index in [0.29, 0.717) is 22.6 Å². The summed E-state index contributed by atoms with van der Waals surface area (Å²) < 4.78 is 5.20. The molecule has 1 saturated heterocycles. The number of amides is 2. The molecule has 0 saturated carbocycles. The average molecular weight is 423 g/mol. The minimum atomic E-state index is -0.345. The summed E-state index contributed by atoms with van der Waals surface area (Å²) in [6.07, 6.45) is 5.59. The molecule has 0 aliphatic carbocycles. The summed E-state index contributed by atoms with van der Waals surface area (Å²) in [6.45, 7) is 11.0. The van der Waals surface area contributed by atoms with E-state index in [-0.39, 0.29) is 17.9 Å². The van der Waals surface area contributed by atoms with Crippen molar-refractivity contribution < 1.29 is 14.3 Å². The second-order valence-electron chi connectivity index (χ2n) is 7.81. The van der Waals surface area contributed by atoms with Gasteiger partial charge in [0.05, 0.1) is 30.3 Å². The largest absolute Gasteiger partial charge is 0.501 e. The Kier molecular flexibility index (Phi) is 6.95. The number of nitrogens with one attached hydrogen (secondary N) is 2. The van der Waals surface area contributed by atoms with Crippen LogP contribution in [0.1, 0.15) is 76.2 Å². The molecule has 3 rings (SSSR count). The van der Waals surface area contributed by atoms with Crippen LogP contribution in [0.3, 0.4) is 0 Å². The Hall–Kier alpha value is -3.35. The number of nitrogens with zero attached hydrogens (tertiary/aromatic N) is 2. The van der Waals surface area contributed by atoms with E-state index < -0.39 is 0 Å². The van der Waals surface area contributed by atoms with E-state index >= 15 is 0 Å². The summed E-state index contributed by atoms with van der Waals surface area (Å²) in [5.41, 5.74) is 3.41. The van der Waals surface area contributed by atoms with Gasteiger partial charge in [0.25, 0.3) is 11.8 Å². The standard InChI is InChI=1S/C24H30N4O3/c1-6-20-21(14-16(3)31-5)27-22(26-20)17(4)25-23(29)18-9-10-19(15(2)13-18)24(30)28-11-7-8-12-28/h6,9-10,13-14,17H,1,7-8,11-12H2,2-5H3,(H,25,29)(H,26,27)/b16-14+. The smallest absolute Gasteiger partial charge is 0.254 e. The molecular formula is C24H30N4O3. The maximum Gasteiger partial charge on any atom is 0.254 e. The van der Waals surface area contributed by atoms with Gasteiger partial charge in [-0.15, -0.1) is 0 Å². The van der Waals surface area contributed by atoms with E-state index in [4.69, 9.17) is 4.74 Å². The fourth-order valence-corrected chi connectivity index (χ4v) is 3.64. The normalized spacial score (nSPS) is 15.0. The highest BCUT2D eigenvalue weighted by Crippen LogP contribution is 2.20. The molecule has 164 valence electrons. The molecule has 0 bridgehead atoms. The fourth-order valence-electron chi connectivity index (χ4n) is 3.64. The average Bonchev–Trinajstić information content (AvgIpc) is 3.43. The monoisotopic (exact) mass is 422 g/mol. The van der Waals surface area contributed by atoms with Gasteiger partial charge in [-0.1, -0.05) is 6.58 Å². The third-order valence-electron chi connectivity index (χ3n) is 5.51. The third kappa shape index (κ3) is 5.05. The van der Waals surface area contributed by atoms with Gasteiger partial charge in [0.1, 0.15) is 5.82 Å². The van der Waals surface area contributed by atoms with Crippen molar-refractivity contribution in [2.45, 2.75) is 39.7 Å². The van der Waals surface area contributed by atoms with Crippen LogP contribution >= 0.6 is 0 Å². The lowest BCUT2D eigenvalue weighted by Gasteiger charge is -2.17. The van der Waals surface area contributed by atoms with Gasteiger partial charge in [-0.05, 0) is 63.5 Å². The van der Waals surface area contributed by atoms with Gasteiger partial charge in [-0.3, -0.25) is 9.59 Å². The Morgan fingerprint density at radius 1 is 1.32 bits per heavy atom. The Morgan fingerprint density at radius 2 is 2.03 bits per heavy atom. The number of likely N-dealkylation sites (tertiary alicyclic amines) is 1. The molecule has 1 aromatic heterocycles. The van der Waals surface area contributed by atoms with E-state index in [0.717, 1.165) is 42.9 Å². The molecule has 1 unspecified atom stereocenters. The molecule has 1 fully saturated rings. The first kappa shape index (κ1) is 22.3. The van der Waals surface area contributed by atoms with Gasteiger partial charge in [0.15, 0.2) is 0 Å². The van der Waals surface area contributed by atoms with Crippen molar-refractivity contribution in [3.8, 4) is 0 Å². The molecule has 1 aliphatic heterocycles. The van der Waals surface area contributed by atoms with Crippen LogP contribution < -0.4 is 5.32 Å². The Bertz CT molecular complexity index is 1020. The molecule has 0 spiro atoms. The van der Waals surface area contributed by atoms with Gasteiger partial charge in [-0.25, -0.2) is 4.98 Å². The molecule has 1 aromatic carbocycles. The van der Waals surface area contributed by atoms with Crippen molar-refractivity contribution in [3.05, 3.63) is 64.4 Å². The third-order valence-corrected chi connectivity index (χ3v) is 5.51. The number of benzene rings is 1. The van der Waals surface area contributed by atoms with E-state index in [1.54, 1.807) is 31.4 Å². The van der Waals surface area contributed by atoms with E-state index in [1.165, 1.54) is 0 Å². The highest BCUT2D eigenvalue weighted by molar-refractivity contribution is 5.99. The first-order chi connectivity index (χ1) is 14.8. The molecule has 2 amide bonds. The number of rotatable bonds is 7. The van der Waals surface area contributed by atoms with E-state index in [1.807, 2.05) is 31.7 Å². The van der Waals surface area contributed by atoms with Gasteiger partial charge in [0, 0.05) is 30.3 Å². The summed E-state index contributed by atoms with van der Waals surface area (Å²) in [5, 5.41) is 2.96. The number of aromatic nitrogens is 2. The first-order valence-corrected chi connectivity index (χ1v) is 10.5. The molecule has 31 heavy (non-hydrogen) atoms. The van der Waals surface area contributed by atoms with Crippen molar-refractivity contribution in [2.75, 3.05) is 20.2 Å². The van der Waals surface area contributed by atoms with E-state index in [9.17, 15) is 9.59 Å². The summed E-state index contributed by atoms with van der Waals surface area (Å²) >= 11 is 0. The van der Waals surface area contributed by atoms with Gasteiger partial charge in [0.2, 0.25) is 0 Å². The fraction of sp³-hybridized carbons (Fsp3) is 0.375. The Morgan fingerprint density at radius 3 is 2.65 bits per heavy atom. The molecule has 7 nitrogen and oxygen atoms in total.